The summed E-state index contributed by atoms with van der Waals surface area (Å²) in [6, 6.07) is 25.5. The molecule has 0 saturated carbocycles. The molecule has 1 N–H and O–H groups in total. The lowest BCUT2D eigenvalue weighted by Gasteiger charge is -2.33. The lowest BCUT2D eigenvalue weighted by atomic mass is 10.0. The monoisotopic (exact) mass is 601 g/mol. The van der Waals surface area contributed by atoms with Crippen LogP contribution in [0.15, 0.2) is 84.9 Å². The van der Waals surface area contributed by atoms with E-state index >= 15 is 0 Å². The van der Waals surface area contributed by atoms with Crippen LogP contribution >= 0.6 is 23.2 Å². The van der Waals surface area contributed by atoms with Crippen LogP contribution in [0.4, 0.5) is 5.69 Å². The van der Waals surface area contributed by atoms with Gasteiger partial charge in [0.25, 0.3) is 5.91 Å². The van der Waals surface area contributed by atoms with E-state index in [9.17, 15) is 14.4 Å². The minimum atomic E-state index is -0.791. The third-order valence-electron chi connectivity index (χ3n) is 7.51. The third-order valence-corrected chi connectivity index (χ3v) is 8.22. The molecule has 3 amide bonds. The molecule has 0 spiro atoms. The third kappa shape index (κ3) is 6.30. The smallest absolute Gasteiger partial charge is 0.258 e. The first-order valence-electron chi connectivity index (χ1n) is 14.1. The van der Waals surface area contributed by atoms with Gasteiger partial charge in [0, 0.05) is 58.5 Å². The zero-order valence-electron chi connectivity index (χ0n) is 23.6. The van der Waals surface area contributed by atoms with E-state index in [1.807, 2.05) is 80.6 Å². The maximum Gasteiger partial charge on any atom is 0.258 e. The average molecular weight is 603 g/mol. The van der Waals surface area contributed by atoms with Crippen LogP contribution in [0, 0.1) is 0 Å². The molecular weight excluding hydrogens is 569 g/mol. The summed E-state index contributed by atoms with van der Waals surface area (Å²) >= 11 is 13.1. The van der Waals surface area contributed by atoms with Gasteiger partial charge in [-0.3, -0.25) is 14.4 Å². The van der Waals surface area contributed by atoms with E-state index in [0.29, 0.717) is 40.6 Å². The number of nitrogens with zero attached hydrogens (tertiary/aromatic N) is 2. The maximum atomic E-state index is 14.0. The minimum Gasteiger partial charge on any atom is -0.352 e. The number of carbonyl (C=O) groups excluding carboxylic acids is 3. The van der Waals surface area contributed by atoms with Crippen LogP contribution in [-0.2, 0) is 22.6 Å². The Morgan fingerprint density at radius 1 is 0.881 bits per heavy atom. The summed E-state index contributed by atoms with van der Waals surface area (Å²) in [7, 11) is 0. The van der Waals surface area contributed by atoms with Gasteiger partial charge in [0.2, 0.25) is 11.8 Å². The first-order chi connectivity index (χ1) is 20.2. The molecule has 0 bridgehead atoms. The second kappa shape index (κ2) is 13.0. The quantitative estimate of drug-likeness (QED) is 0.200. The van der Waals surface area contributed by atoms with Crippen molar-refractivity contribution in [3.8, 4) is 0 Å². The highest BCUT2D eigenvalue weighted by molar-refractivity contribution is 6.36. The molecule has 42 heavy (non-hydrogen) atoms. The van der Waals surface area contributed by atoms with Crippen molar-refractivity contribution in [2.24, 2.45) is 0 Å². The molecule has 1 atom stereocenters. The van der Waals surface area contributed by atoms with Gasteiger partial charge in [-0.2, -0.15) is 0 Å². The molecule has 0 unspecified atom stereocenters. The summed E-state index contributed by atoms with van der Waals surface area (Å²) in [5.41, 5.74) is 3.05. The Bertz CT molecular complexity index is 1600. The Morgan fingerprint density at radius 2 is 1.55 bits per heavy atom. The van der Waals surface area contributed by atoms with Gasteiger partial charge >= 0.3 is 0 Å². The van der Waals surface area contributed by atoms with Gasteiger partial charge in [-0.15, -0.1) is 0 Å². The summed E-state index contributed by atoms with van der Waals surface area (Å²) in [6.45, 7) is 4.23. The number of hydrogen-bond donors (Lipinski definition) is 1. The predicted molar refractivity (Wildman–Crippen MR) is 169 cm³/mol. The summed E-state index contributed by atoms with van der Waals surface area (Å²) in [5.74, 6) is -0.525. The normalized spacial score (nSPS) is 13.1. The molecule has 1 aliphatic heterocycles. The van der Waals surface area contributed by atoms with Crippen molar-refractivity contribution in [2.45, 2.75) is 51.7 Å². The van der Waals surface area contributed by atoms with Gasteiger partial charge < -0.3 is 15.1 Å². The van der Waals surface area contributed by atoms with Crippen LogP contribution in [0.3, 0.4) is 0 Å². The molecule has 0 aromatic heterocycles. The lowest BCUT2D eigenvalue weighted by molar-refractivity contribution is -0.141. The van der Waals surface area contributed by atoms with Crippen LogP contribution < -0.4 is 10.2 Å². The number of halogens is 2. The van der Waals surface area contributed by atoms with Gasteiger partial charge in [0.15, 0.2) is 0 Å². The van der Waals surface area contributed by atoms with Crippen molar-refractivity contribution in [1.82, 2.24) is 10.2 Å². The highest BCUT2D eigenvalue weighted by Gasteiger charge is 2.33. The van der Waals surface area contributed by atoms with Gasteiger partial charge in [-0.05, 0) is 55.5 Å². The van der Waals surface area contributed by atoms with Crippen LogP contribution in [-0.4, -0.2) is 41.2 Å². The molecule has 1 aliphatic rings. The summed E-state index contributed by atoms with van der Waals surface area (Å²) < 4.78 is 0. The summed E-state index contributed by atoms with van der Waals surface area (Å²) in [6.07, 6.45) is 0.888. The Balaban J connectivity index is 1.40. The van der Waals surface area contributed by atoms with Gasteiger partial charge in [0.05, 0.1) is 5.69 Å². The molecule has 8 heteroatoms. The summed E-state index contributed by atoms with van der Waals surface area (Å²) in [4.78, 5) is 44.2. The van der Waals surface area contributed by atoms with Gasteiger partial charge in [-0.25, -0.2) is 0 Å². The molecule has 4 aromatic rings. The van der Waals surface area contributed by atoms with Crippen molar-refractivity contribution in [3.05, 3.63) is 112 Å². The number of anilines is 1. The Hall–Kier alpha value is -3.87. The van der Waals surface area contributed by atoms with Crippen molar-refractivity contribution in [1.29, 1.82) is 0 Å². The predicted octanol–water partition coefficient (Wildman–Crippen LogP) is 7.05. The van der Waals surface area contributed by atoms with E-state index in [1.165, 1.54) is 0 Å². The molecule has 1 heterocycles. The first kappa shape index (κ1) is 29.6. The first-order valence-corrected chi connectivity index (χ1v) is 14.9. The standard InChI is InChI=1S/C34H33Cl2N3O3/c1-22(2)37-33(41)30(20-23-10-4-3-5-11-23)39(21-26-27(35)15-8-16-28(26)36)31(40)18-9-19-38-29-17-7-13-24-12-6-14-25(32(24)29)34(38)42/h3-8,10-17,22,30H,9,18-21H2,1-2H3,(H,37,41)/t30-/m1/s1. The van der Waals surface area contributed by atoms with Crippen molar-refractivity contribution in [2.75, 3.05) is 11.4 Å². The highest BCUT2D eigenvalue weighted by Crippen LogP contribution is 2.37. The molecule has 0 fully saturated rings. The van der Waals surface area contributed by atoms with Crippen LogP contribution in [0.5, 0.6) is 0 Å². The molecular formula is C34H33Cl2N3O3. The Labute approximate surface area is 256 Å². The van der Waals surface area contributed by atoms with E-state index in [1.54, 1.807) is 28.0 Å². The molecule has 0 radical (unpaired) electrons. The SMILES string of the molecule is CC(C)NC(=O)[C@@H](Cc1ccccc1)N(Cc1c(Cl)cccc1Cl)C(=O)CCCN1C(=O)c2cccc3cccc1c23. The van der Waals surface area contributed by atoms with Gasteiger partial charge in [0.1, 0.15) is 6.04 Å². The van der Waals surface area contributed by atoms with E-state index < -0.39 is 6.04 Å². The average Bonchev–Trinajstić information content (AvgIpc) is 3.24. The number of carbonyl (C=O) groups is 3. The number of amides is 3. The fraction of sp³-hybridized carbons (Fsp3) is 0.265. The second-order valence-electron chi connectivity index (χ2n) is 10.8. The Kier molecular flexibility index (Phi) is 9.15. The lowest BCUT2D eigenvalue weighted by Crippen LogP contribution is -2.52. The van der Waals surface area contributed by atoms with Crippen molar-refractivity contribution >= 4 is 57.4 Å². The molecule has 6 nitrogen and oxygen atoms in total. The molecule has 5 rings (SSSR count). The van der Waals surface area contributed by atoms with E-state index in [0.717, 1.165) is 22.0 Å². The number of rotatable bonds is 11. The summed E-state index contributed by atoms with van der Waals surface area (Å²) in [5, 5.41) is 5.80. The minimum absolute atomic E-state index is 0.0628. The Morgan fingerprint density at radius 3 is 2.24 bits per heavy atom. The fourth-order valence-corrected chi connectivity index (χ4v) is 6.04. The topological polar surface area (TPSA) is 69.7 Å². The van der Waals surface area contributed by atoms with Crippen molar-refractivity contribution in [3.63, 3.8) is 0 Å². The molecule has 4 aromatic carbocycles. The highest BCUT2D eigenvalue weighted by atomic mass is 35.5. The number of nitrogens with one attached hydrogen (secondary N) is 1. The second-order valence-corrected chi connectivity index (χ2v) is 11.6. The maximum absolute atomic E-state index is 14.0. The van der Waals surface area contributed by atoms with Crippen LogP contribution in [0.1, 0.15) is 48.2 Å². The van der Waals surface area contributed by atoms with E-state index in [4.69, 9.17) is 23.2 Å². The molecule has 0 aliphatic carbocycles. The van der Waals surface area contributed by atoms with Crippen LogP contribution in [0.2, 0.25) is 10.0 Å². The zero-order chi connectivity index (χ0) is 29.8. The molecule has 216 valence electrons. The van der Waals surface area contributed by atoms with Crippen LogP contribution in [0.25, 0.3) is 10.8 Å². The van der Waals surface area contributed by atoms with E-state index in [2.05, 4.69) is 5.32 Å². The largest absolute Gasteiger partial charge is 0.352 e. The fourth-order valence-electron chi connectivity index (χ4n) is 5.52. The number of benzene rings is 4. The van der Waals surface area contributed by atoms with Gasteiger partial charge in [-0.1, -0.05) is 83.9 Å². The number of hydrogen-bond acceptors (Lipinski definition) is 3. The molecule has 0 saturated heterocycles. The van der Waals surface area contributed by atoms with Crippen molar-refractivity contribution < 1.29 is 14.4 Å². The van der Waals surface area contributed by atoms with E-state index in [-0.39, 0.29) is 36.7 Å². The zero-order valence-corrected chi connectivity index (χ0v) is 25.2.